The summed E-state index contributed by atoms with van der Waals surface area (Å²) in [6.45, 7) is 3.05. The Kier molecular flexibility index (Phi) is 7.56. The normalized spacial score (nSPS) is 13.3. The van der Waals surface area contributed by atoms with E-state index >= 15 is 0 Å². The van der Waals surface area contributed by atoms with E-state index < -0.39 is 18.5 Å². The van der Waals surface area contributed by atoms with E-state index in [1.54, 1.807) is 24.3 Å². The molecule has 1 aliphatic rings. The molecule has 1 aliphatic heterocycles. The maximum absolute atomic E-state index is 12.6. The highest BCUT2D eigenvalue weighted by molar-refractivity contribution is 5.96. The van der Waals surface area contributed by atoms with Crippen molar-refractivity contribution in [2.45, 2.75) is 6.61 Å². The molecule has 7 nitrogen and oxygen atoms in total. The maximum atomic E-state index is 12.6. The predicted octanol–water partition coefficient (Wildman–Crippen LogP) is 3.90. The number of amides is 1. The van der Waals surface area contributed by atoms with Gasteiger partial charge in [-0.15, -0.1) is 0 Å². The summed E-state index contributed by atoms with van der Waals surface area (Å²) in [5.74, 6) is -0.618. The van der Waals surface area contributed by atoms with Crippen LogP contribution in [0.15, 0.2) is 78.9 Å². The second-order valence-electron chi connectivity index (χ2n) is 7.54. The number of carbonyl (C=O) groups is 2. The first kappa shape index (κ1) is 22.4. The largest absolute Gasteiger partial charge is 0.488 e. The molecule has 3 aromatic carbocycles. The van der Waals surface area contributed by atoms with E-state index in [2.05, 4.69) is 10.2 Å². The van der Waals surface area contributed by atoms with Gasteiger partial charge in [-0.1, -0.05) is 42.5 Å². The zero-order valence-corrected chi connectivity index (χ0v) is 18.2. The number of ether oxygens (including phenoxy) is 3. The molecule has 0 radical (unpaired) electrons. The van der Waals surface area contributed by atoms with Crippen LogP contribution in [0.3, 0.4) is 0 Å². The molecule has 0 aliphatic carbocycles. The van der Waals surface area contributed by atoms with Gasteiger partial charge in [0.25, 0.3) is 5.91 Å². The fraction of sp³-hybridized carbons (Fsp3) is 0.231. The molecule has 1 fully saturated rings. The SMILES string of the molecule is O=C(COC(=O)c1ccccc1OCc1ccccc1)Nc1ccc(N2CCOCC2)cc1. The van der Waals surface area contributed by atoms with Crippen molar-refractivity contribution < 1.29 is 23.8 Å². The number of morpholine rings is 1. The van der Waals surface area contributed by atoms with Crippen molar-refractivity contribution >= 4 is 23.3 Å². The standard InChI is InChI=1S/C26H26N2O5/c29-25(27-21-10-12-22(13-11-21)28-14-16-31-17-15-28)19-33-26(30)23-8-4-5-9-24(23)32-18-20-6-2-1-3-7-20/h1-13H,14-19H2,(H,27,29). The van der Waals surface area contributed by atoms with Gasteiger partial charge in [0.2, 0.25) is 0 Å². The Morgan fingerprint density at radius 1 is 0.879 bits per heavy atom. The second kappa shape index (κ2) is 11.2. The number of hydrogen-bond donors (Lipinski definition) is 1. The molecule has 1 heterocycles. The van der Waals surface area contributed by atoms with Gasteiger partial charge in [-0.25, -0.2) is 4.79 Å². The highest BCUT2D eigenvalue weighted by atomic mass is 16.5. The summed E-state index contributed by atoms with van der Waals surface area (Å²) in [6.07, 6.45) is 0. The van der Waals surface area contributed by atoms with Crippen LogP contribution in [0.1, 0.15) is 15.9 Å². The first-order chi connectivity index (χ1) is 16.2. The summed E-state index contributed by atoms with van der Waals surface area (Å²) in [5, 5.41) is 2.75. The van der Waals surface area contributed by atoms with E-state index in [0.29, 0.717) is 31.3 Å². The van der Waals surface area contributed by atoms with Gasteiger partial charge in [0.1, 0.15) is 17.9 Å². The molecule has 0 bridgehead atoms. The topological polar surface area (TPSA) is 77.1 Å². The molecule has 0 unspecified atom stereocenters. The maximum Gasteiger partial charge on any atom is 0.342 e. The third kappa shape index (κ3) is 6.33. The summed E-state index contributed by atoms with van der Waals surface area (Å²) < 4.78 is 16.4. The van der Waals surface area contributed by atoms with Gasteiger partial charge in [0.15, 0.2) is 6.61 Å². The lowest BCUT2D eigenvalue weighted by atomic mass is 10.2. The fourth-order valence-corrected chi connectivity index (χ4v) is 3.48. The van der Waals surface area contributed by atoms with Crippen molar-refractivity contribution in [3.05, 3.63) is 90.0 Å². The quantitative estimate of drug-likeness (QED) is 0.529. The van der Waals surface area contributed by atoms with Gasteiger partial charge in [-0.2, -0.15) is 0 Å². The van der Waals surface area contributed by atoms with Crippen molar-refractivity contribution in [3.8, 4) is 5.75 Å². The number of hydrogen-bond acceptors (Lipinski definition) is 6. The molecule has 3 aromatic rings. The molecule has 170 valence electrons. The number of rotatable bonds is 8. The average molecular weight is 447 g/mol. The molecule has 7 heteroatoms. The van der Waals surface area contributed by atoms with Gasteiger partial charge < -0.3 is 24.4 Å². The number of esters is 1. The zero-order valence-electron chi connectivity index (χ0n) is 18.2. The van der Waals surface area contributed by atoms with Gasteiger partial charge >= 0.3 is 5.97 Å². The van der Waals surface area contributed by atoms with Crippen LogP contribution in [-0.4, -0.2) is 44.8 Å². The number of para-hydroxylation sites is 1. The molecule has 1 amide bonds. The third-order valence-electron chi connectivity index (χ3n) is 5.21. The van der Waals surface area contributed by atoms with Gasteiger partial charge in [-0.05, 0) is 42.0 Å². The summed E-state index contributed by atoms with van der Waals surface area (Å²) in [6, 6.07) is 24.1. The average Bonchev–Trinajstić information content (AvgIpc) is 2.88. The first-order valence-corrected chi connectivity index (χ1v) is 10.8. The lowest BCUT2D eigenvalue weighted by molar-refractivity contribution is -0.119. The number of nitrogens with zero attached hydrogens (tertiary/aromatic N) is 1. The van der Waals surface area contributed by atoms with Crippen molar-refractivity contribution in [2.24, 2.45) is 0 Å². The minimum atomic E-state index is -0.614. The van der Waals surface area contributed by atoms with Crippen LogP contribution in [0.4, 0.5) is 11.4 Å². The van der Waals surface area contributed by atoms with Crippen LogP contribution in [0.25, 0.3) is 0 Å². The number of anilines is 2. The van der Waals surface area contributed by atoms with Crippen molar-refractivity contribution in [1.29, 1.82) is 0 Å². The molecule has 1 N–H and O–H groups in total. The van der Waals surface area contributed by atoms with Crippen LogP contribution < -0.4 is 15.0 Å². The van der Waals surface area contributed by atoms with E-state index in [4.69, 9.17) is 14.2 Å². The van der Waals surface area contributed by atoms with Crippen LogP contribution in [-0.2, 0) is 20.9 Å². The summed E-state index contributed by atoms with van der Waals surface area (Å²) in [4.78, 5) is 27.1. The zero-order chi connectivity index (χ0) is 22.9. The third-order valence-corrected chi connectivity index (χ3v) is 5.21. The smallest absolute Gasteiger partial charge is 0.342 e. The first-order valence-electron chi connectivity index (χ1n) is 10.8. The lowest BCUT2D eigenvalue weighted by Gasteiger charge is -2.28. The Balaban J connectivity index is 1.28. The molecule has 0 aromatic heterocycles. The van der Waals surface area contributed by atoms with E-state index in [1.165, 1.54) is 0 Å². The summed E-state index contributed by atoms with van der Waals surface area (Å²) in [7, 11) is 0. The van der Waals surface area contributed by atoms with Crippen LogP contribution in [0.2, 0.25) is 0 Å². The Hall–Kier alpha value is -3.84. The number of nitrogens with one attached hydrogen (secondary N) is 1. The van der Waals surface area contributed by atoms with Gasteiger partial charge in [-0.3, -0.25) is 4.79 Å². The highest BCUT2D eigenvalue weighted by Crippen LogP contribution is 2.21. The highest BCUT2D eigenvalue weighted by Gasteiger charge is 2.16. The van der Waals surface area contributed by atoms with Gasteiger partial charge in [0.05, 0.1) is 13.2 Å². The molecule has 1 saturated heterocycles. The fourth-order valence-electron chi connectivity index (χ4n) is 3.48. The van der Waals surface area contributed by atoms with E-state index in [1.807, 2.05) is 54.6 Å². The summed E-state index contributed by atoms with van der Waals surface area (Å²) >= 11 is 0. The van der Waals surface area contributed by atoms with Crippen LogP contribution in [0, 0.1) is 0 Å². The lowest BCUT2D eigenvalue weighted by Crippen LogP contribution is -2.36. The van der Waals surface area contributed by atoms with E-state index in [9.17, 15) is 9.59 Å². The molecule has 33 heavy (non-hydrogen) atoms. The van der Waals surface area contributed by atoms with E-state index in [0.717, 1.165) is 24.3 Å². The molecule has 0 spiro atoms. The monoisotopic (exact) mass is 446 g/mol. The Bertz CT molecular complexity index is 1060. The minimum Gasteiger partial charge on any atom is -0.488 e. The van der Waals surface area contributed by atoms with E-state index in [-0.39, 0.29) is 5.56 Å². The van der Waals surface area contributed by atoms with Crippen molar-refractivity contribution in [3.63, 3.8) is 0 Å². The number of benzene rings is 3. The Labute approximate surface area is 192 Å². The van der Waals surface area contributed by atoms with Crippen LogP contribution in [0.5, 0.6) is 5.75 Å². The van der Waals surface area contributed by atoms with Crippen molar-refractivity contribution in [1.82, 2.24) is 0 Å². The number of carbonyl (C=O) groups excluding carboxylic acids is 2. The molecule has 0 saturated carbocycles. The predicted molar refractivity (Wildman–Crippen MR) is 126 cm³/mol. The van der Waals surface area contributed by atoms with Gasteiger partial charge in [0, 0.05) is 24.5 Å². The molecule has 4 rings (SSSR count). The Morgan fingerprint density at radius 3 is 2.33 bits per heavy atom. The van der Waals surface area contributed by atoms with Crippen molar-refractivity contribution in [2.75, 3.05) is 43.1 Å². The van der Waals surface area contributed by atoms with Crippen LogP contribution >= 0.6 is 0 Å². The second-order valence-corrected chi connectivity index (χ2v) is 7.54. The molecule has 0 atom stereocenters. The summed E-state index contributed by atoms with van der Waals surface area (Å²) in [5.41, 5.74) is 2.98. The Morgan fingerprint density at radius 2 is 1.58 bits per heavy atom. The minimum absolute atomic E-state index is 0.274. The molecular formula is C26H26N2O5. The molecular weight excluding hydrogens is 420 g/mol.